The Kier molecular flexibility index (Phi) is 7.49. The van der Waals surface area contributed by atoms with Gasteiger partial charge in [-0.15, -0.1) is 0 Å². The lowest BCUT2D eigenvalue weighted by atomic mass is 9.94. The molecule has 56 heavy (non-hydrogen) atoms. The quantitative estimate of drug-likeness (QED) is 0.172. The largest absolute Gasteiger partial charge is 0.264 e. The fourth-order valence-electron chi connectivity index (χ4n) is 8.33. The first-order chi connectivity index (χ1) is 27.7. The van der Waals surface area contributed by atoms with Crippen LogP contribution in [0.5, 0.6) is 0 Å². The predicted octanol–water partition coefficient (Wildman–Crippen LogP) is 13.8. The number of pyridine rings is 1. The maximum atomic E-state index is 5.21. The SMILES string of the molecule is c1cncc(-c2cccc(-c3cc(-c4ccc(-c5ccc6ccccc6c5)cc4)nc(-c4ccc(-c5ccc6c7c(cccc57)-c5ccccc5-6)cc4)n3)c2)c1. The van der Waals surface area contributed by atoms with Crippen LogP contribution in [0.2, 0.25) is 0 Å². The van der Waals surface area contributed by atoms with Gasteiger partial charge in [0.25, 0.3) is 0 Å². The minimum absolute atomic E-state index is 0.685. The molecule has 3 nitrogen and oxygen atoms in total. The molecule has 0 aliphatic heterocycles. The molecule has 1 aliphatic rings. The molecule has 0 atom stereocenters. The van der Waals surface area contributed by atoms with Crippen molar-refractivity contribution in [1.29, 1.82) is 0 Å². The Hall–Kier alpha value is -7.49. The first-order valence-electron chi connectivity index (χ1n) is 19.0. The smallest absolute Gasteiger partial charge is 0.160 e. The summed E-state index contributed by atoms with van der Waals surface area (Å²) < 4.78 is 0. The summed E-state index contributed by atoms with van der Waals surface area (Å²) in [6.45, 7) is 0. The van der Waals surface area contributed by atoms with Gasteiger partial charge in [-0.25, -0.2) is 9.97 Å². The fourth-order valence-corrected chi connectivity index (χ4v) is 8.33. The van der Waals surface area contributed by atoms with Gasteiger partial charge in [0, 0.05) is 34.6 Å². The van der Waals surface area contributed by atoms with Gasteiger partial charge in [0.2, 0.25) is 0 Å². The normalized spacial score (nSPS) is 11.6. The first kappa shape index (κ1) is 32.0. The zero-order valence-electron chi connectivity index (χ0n) is 30.4. The van der Waals surface area contributed by atoms with Gasteiger partial charge in [0.05, 0.1) is 11.4 Å². The number of hydrogen-bond acceptors (Lipinski definition) is 3. The van der Waals surface area contributed by atoms with Crippen molar-refractivity contribution in [2.75, 3.05) is 0 Å². The van der Waals surface area contributed by atoms with Gasteiger partial charge in [-0.05, 0) is 95.9 Å². The van der Waals surface area contributed by atoms with E-state index in [0.717, 1.165) is 39.2 Å². The van der Waals surface area contributed by atoms with E-state index in [0.29, 0.717) is 5.82 Å². The van der Waals surface area contributed by atoms with Crippen molar-refractivity contribution in [2.24, 2.45) is 0 Å². The highest BCUT2D eigenvalue weighted by Crippen LogP contribution is 2.49. The molecule has 10 aromatic rings. The Morgan fingerprint density at radius 1 is 0.304 bits per heavy atom. The van der Waals surface area contributed by atoms with Crippen molar-refractivity contribution in [2.45, 2.75) is 0 Å². The summed E-state index contributed by atoms with van der Waals surface area (Å²) in [4.78, 5) is 14.8. The molecule has 2 heterocycles. The molecule has 0 unspecified atom stereocenters. The van der Waals surface area contributed by atoms with Crippen LogP contribution < -0.4 is 0 Å². The molecule has 0 bridgehead atoms. The zero-order valence-corrected chi connectivity index (χ0v) is 30.4. The Balaban J connectivity index is 0.994. The average molecular weight is 712 g/mol. The second-order valence-corrected chi connectivity index (χ2v) is 14.4. The molecule has 260 valence electrons. The van der Waals surface area contributed by atoms with Crippen molar-refractivity contribution in [1.82, 2.24) is 15.0 Å². The van der Waals surface area contributed by atoms with Crippen molar-refractivity contribution >= 4 is 21.5 Å². The predicted molar refractivity (Wildman–Crippen MR) is 232 cm³/mol. The lowest BCUT2D eigenvalue weighted by Gasteiger charge is -2.12. The monoisotopic (exact) mass is 711 g/mol. The average Bonchev–Trinajstić information content (AvgIpc) is 3.61. The highest BCUT2D eigenvalue weighted by Gasteiger charge is 2.22. The van der Waals surface area contributed by atoms with Gasteiger partial charge >= 0.3 is 0 Å². The maximum absolute atomic E-state index is 5.21. The van der Waals surface area contributed by atoms with Crippen molar-refractivity contribution in [3.63, 3.8) is 0 Å². The summed E-state index contributed by atoms with van der Waals surface area (Å²) >= 11 is 0. The standard InChI is InChI=1S/C53H33N3/c1-2-9-39-30-41(26-19-34(39)8-1)35-17-22-37(23-18-35)50-32-51(42-11-5-10-40(31-42)43-12-7-29-54-33-43)56-53(55-50)38-24-20-36(21-25-38)44-27-28-49-46-14-4-3-13-45(46)48-16-6-15-47(44)52(48)49/h1-33H. The molecule has 0 amide bonds. The summed E-state index contributed by atoms with van der Waals surface area (Å²) in [5, 5.41) is 5.07. The van der Waals surface area contributed by atoms with Gasteiger partial charge in [0.1, 0.15) is 0 Å². The minimum Gasteiger partial charge on any atom is -0.264 e. The fraction of sp³-hybridized carbons (Fsp3) is 0. The lowest BCUT2D eigenvalue weighted by Crippen LogP contribution is -1.96. The summed E-state index contributed by atoms with van der Waals surface area (Å²) in [6, 6.07) is 67.2. The molecule has 2 aromatic heterocycles. The number of rotatable bonds is 6. The van der Waals surface area contributed by atoms with E-state index in [1.807, 2.05) is 12.3 Å². The third-order valence-electron chi connectivity index (χ3n) is 11.1. The molecule has 0 saturated heterocycles. The highest BCUT2D eigenvalue weighted by molar-refractivity contribution is 6.18. The van der Waals surface area contributed by atoms with E-state index in [4.69, 9.17) is 9.97 Å². The molecule has 1 aliphatic carbocycles. The first-order valence-corrected chi connectivity index (χ1v) is 19.0. The van der Waals surface area contributed by atoms with Crippen LogP contribution in [-0.2, 0) is 0 Å². The molecule has 3 heteroatoms. The molecule has 0 spiro atoms. The third kappa shape index (κ3) is 5.49. The van der Waals surface area contributed by atoms with Crippen LogP contribution in [0.25, 0.3) is 111 Å². The van der Waals surface area contributed by atoms with Crippen LogP contribution in [0.3, 0.4) is 0 Å². The molecular formula is C53H33N3. The van der Waals surface area contributed by atoms with Gasteiger partial charge in [-0.3, -0.25) is 4.98 Å². The number of aromatic nitrogens is 3. The Bertz CT molecular complexity index is 3080. The van der Waals surface area contributed by atoms with Crippen LogP contribution in [-0.4, -0.2) is 15.0 Å². The van der Waals surface area contributed by atoms with E-state index in [1.54, 1.807) is 6.20 Å². The second kappa shape index (κ2) is 13.1. The van der Waals surface area contributed by atoms with Gasteiger partial charge < -0.3 is 0 Å². The number of fused-ring (bicyclic) bond motifs is 4. The van der Waals surface area contributed by atoms with Gasteiger partial charge in [-0.1, -0.05) is 164 Å². The molecule has 0 saturated carbocycles. The van der Waals surface area contributed by atoms with Gasteiger partial charge in [-0.2, -0.15) is 0 Å². The van der Waals surface area contributed by atoms with Crippen LogP contribution in [0.1, 0.15) is 0 Å². The van der Waals surface area contributed by atoms with Crippen LogP contribution >= 0.6 is 0 Å². The molecule has 0 fully saturated rings. The zero-order chi connectivity index (χ0) is 37.0. The number of nitrogens with zero attached hydrogens (tertiary/aromatic N) is 3. The van der Waals surface area contributed by atoms with Crippen LogP contribution in [0.4, 0.5) is 0 Å². The van der Waals surface area contributed by atoms with E-state index < -0.39 is 0 Å². The van der Waals surface area contributed by atoms with Crippen LogP contribution in [0.15, 0.2) is 200 Å². The van der Waals surface area contributed by atoms with Crippen molar-refractivity contribution < 1.29 is 0 Å². The van der Waals surface area contributed by atoms with E-state index in [-0.39, 0.29) is 0 Å². The number of benzene rings is 8. The summed E-state index contributed by atoms with van der Waals surface area (Å²) in [5.41, 5.74) is 16.9. The number of hydrogen-bond donors (Lipinski definition) is 0. The molecule has 0 radical (unpaired) electrons. The summed E-state index contributed by atoms with van der Waals surface area (Å²) in [6.07, 6.45) is 3.70. The van der Waals surface area contributed by atoms with Gasteiger partial charge in [0.15, 0.2) is 5.82 Å². The van der Waals surface area contributed by atoms with E-state index >= 15 is 0 Å². The Morgan fingerprint density at radius 2 is 0.893 bits per heavy atom. The third-order valence-corrected chi connectivity index (χ3v) is 11.1. The Morgan fingerprint density at radius 3 is 1.70 bits per heavy atom. The van der Waals surface area contributed by atoms with Crippen LogP contribution in [0, 0.1) is 0 Å². The lowest BCUT2D eigenvalue weighted by molar-refractivity contribution is 1.18. The molecule has 0 N–H and O–H groups in total. The summed E-state index contributed by atoms with van der Waals surface area (Å²) in [5.74, 6) is 0.685. The molecule has 8 aromatic carbocycles. The maximum Gasteiger partial charge on any atom is 0.160 e. The second-order valence-electron chi connectivity index (χ2n) is 14.4. The van der Waals surface area contributed by atoms with E-state index in [2.05, 4.69) is 187 Å². The molecular weight excluding hydrogens is 679 g/mol. The minimum atomic E-state index is 0.685. The van der Waals surface area contributed by atoms with Crippen molar-refractivity contribution in [3.8, 4) is 89.5 Å². The Labute approximate surface area is 325 Å². The molecule has 11 rings (SSSR count). The summed E-state index contributed by atoms with van der Waals surface area (Å²) in [7, 11) is 0. The van der Waals surface area contributed by atoms with E-state index in [9.17, 15) is 0 Å². The highest BCUT2D eigenvalue weighted by atomic mass is 14.9. The topological polar surface area (TPSA) is 38.7 Å². The van der Waals surface area contributed by atoms with E-state index in [1.165, 1.54) is 66.1 Å². The van der Waals surface area contributed by atoms with Crippen molar-refractivity contribution in [3.05, 3.63) is 200 Å².